The molecule has 0 amide bonds. The number of imidazole rings is 1. The van der Waals surface area contributed by atoms with E-state index < -0.39 is 0 Å². The summed E-state index contributed by atoms with van der Waals surface area (Å²) in [5.74, 6) is 1.30. The zero-order valence-electron chi connectivity index (χ0n) is 10.9. The van der Waals surface area contributed by atoms with Crippen molar-refractivity contribution < 1.29 is 0 Å². The van der Waals surface area contributed by atoms with Crippen molar-refractivity contribution in [3.63, 3.8) is 0 Å². The fraction of sp³-hybridized carbons (Fsp3) is 0.750. The summed E-state index contributed by atoms with van der Waals surface area (Å²) in [6, 6.07) is 0.483. The van der Waals surface area contributed by atoms with Gasteiger partial charge in [-0.15, -0.1) is 0 Å². The van der Waals surface area contributed by atoms with Gasteiger partial charge in [0.2, 0.25) is 0 Å². The first kappa shape index (κ1) is 15.7. The Morgan fingerprint density at radius 1 is 1.24 bits per heavy atom. The minimum Gasteiger partial charge on any atom is -0.321 e. The second-order valence-corrected chi connectivity index (χ2v) is 7.14. The first-order valence-electron chi connectivity index (χ1n) is 6.02. The molecule has 0 aromatic carbocycles. The van der Waals surface area contributed by atoms with Crippen molar-refractivity contribution in [3.05, 3.63) is 13.7 Å². The maximum atomic E-state index is 4.38. The second kappa shape index (κ2) is 7.28. The normalized spacial score (nSPS) is 13.6. The third-order valence-corrected chi connectivity index (χ3v) is 5.61. The lowest BCUT2D eigenvalue weighted by molar-refractivity contribution is 0.344. The first-order chi connectivity index (χ1) is 7.93. The fourth-order valence-electron chi connectivity index (χ4n) is 1.73. The Kier molecular flexibility index (Phi) is 6.71. The Hall–Kier alpha value is 0.630. The molecule has 1 atom stereocenters. The van der Waals surface area contributed by atoms with Crippen molar-refractivity contribution in [2.24, 2.45) is 11.8 Å². The molecule has 5 heteroatoms. The van der Waals surface area contributed by atoms with Crippen molar-refractivity contribution >= 4 is 45.2 Å². The van der Waals surface area contributed by atoms with Gasteiger partial charge in [-0.05, 0) is 63.6 Å². The maximum Gasteiger partial charge on any atom is 0.132 e. The molecule has 0 saturated heterocycles. The zero-order valence-corrected chi connectivity index (χ0v) is 15.2. The number of nitrogens with zero attached hydrogens (tertiary/aromatic N) is 2. The van der Waals surface area contributed by atoms with Crippen LogP contribution in [-0.2, 0) is 0 Å². The van der Waals surface area contributed by atoms with Crippen LogP contribution in [0.15, 0.2) is 6.33 Å². The molecular weight excluding hydrogens is 440 g/mol. The molecule has 0 radical (unpaired) electrons. The Balaban J connectivity index is 2.69. The van der Waals surface area contributed by atoms with Gasteiger partial charge in [0.25, 0.3) is 0 Å². The molecule has 0 saturated carbocycles. The van der Waals surface area contributed by atoms with Gasteiger partial charge < -0.3 is 9.88 Å². The van der Waals surface area contributed by atoms with Gasteiger partial charge in [0.1, 0.15) is 7.40 Å². The summed E-state index contributed by atoms with van der Waals surface area (Å²) in [7, 11) is 0. The summed E-state index contributed by atoms with van der Waals surface area (Å²) >= 11 is 4.67. The molecule has 0 fully saturated rings. The van der Waals surface area contributed by atoms with Crippen LogP contribution < -0.4 is 5.32 Å². The van der Waals surface area contributed by atoms with Crippen LogP contribution in [-0.4, -0.2) is 22.6 Å². The molecule has 0 spiro atoms. The monoisotopic (exact) mass is 461 g/mol. The van der Waals surface area contributed by atoms with E-state index in [-0.39, 0.29) is 0 Å². The predicted octanol–water partition coefficient (Wildman–Crippen LogP) is 3.54. The minimum absolute atomic E-state index is 0.483. The SMILES string of the molecule is CC(C)CNCC(C(C)C)n1cnc(I)c1I. The Morgan fingerprint density at radius 3 is 2.29 bits per heavy atom. The largest absolute Gasteiger partial charge is 0.321 e. The van der Waals surface area contributed by atoms with Gasteiger partial charge in [0.05, 0.1) is 12.4 Å². The second-order valence-electron chi connectivity index (χ2n) is 5.10. The lowest BCUT2D eigenvalue weighted by atomic mass is 10.0. The highest BCUT2D eigenvalue weighted by atomic mass is 127. The van der Waals surface area contributed by atoms with E-state index in [0.29, 0.717) is 17.9 Å². The van der Waals surface area contributed by atoms with Gasteiger partial charge in [-0.1, -0.05) is 27.7 Å². The summed E-state index contributed by atoms with van der Waals surface area (Å²) < 4.78 is 4.63. The molecule has 3 nitrogen and oxygen atoms in total. The summed E-state index contributed by atoms with van der Waals surface area (Å²) in [5, 5.41) is 3.55. The zero-order chi connectivity index (χ0) is 13.0. The molecule has 1 aromatic heterocycles. The van der Waals surface area contributed by atoms with E-state index in [1.165, 1.54) is 3.70 Å². The summed E-state index contributed by atoms with van der Waals surface area (Å²) in [4.78, 5) is 4.38. The number of hydrogen-bond acceptors (Lipinski definition) is 2. The molecule has 0 aliphatic carbocycles. The van der Waals surface area contributed by atoms with Crippen LogP contribution in [0.1, 0.15) is 33.7 Å². The summed E-state index contributed by atoms with van der Waals surface area (Å²) in [5.41, 5.74) is 0. The quantitative estimate of drug-likeness (QED) is 0.658. The fourth-order valence-corrected chi connectivity index (χ4v) is 2.75. The van der Waals surface area contributed by atoms with Gasteiger partial charge >= 0.3 is 0 Å². The average molecular weight is 461 g/mol. The molecule has 1 rings (SSSR count). The lowest BCUT2D eigenvalue weighted by Crippen LogP contribution is -2.31. The third kappa shape index (κ3) is 4.66. The third-order valence-electron chi connectivity index (χ3n) is 2.73. The predicted molar refractivity (Wildman–Crippen MR) is 89.2 cm³/mol. The van der Waals surface area contributed by atoms with Gasteiger partial charge in [-0.3, -0.25) is 0 Å². The number of hydrogen-bond donors (Lipinski definition) is 1. The molecule has 1 N–H and O–H groups in total. The molecule has 1 aromatic rings. The van der Waals surface area contributed by atoms with Crippen molar-refractivity contribution in [3.8, 4) is 0 Å². The van der Waals surface area contributed by atoms with Crippen LogP contribution in [0.25, 0.3) is 0 Å². The summed E-state index contributed by atoms with van der Waals surface area (Å²) in [6.45, 7) is 11.1. The number of halogens is 2. The van der Waals surface area contributed by atoms with Gasteiger partial charge in [-0.2, -0.15) is 0 Å². The summed E-state index contributed by atoms with van der Waals surface area (Å²) in [6.07, 6.45) is 1.96. The van der Waals surface area contributed by atoms with Crippen LogP contribution in [0, 0.1) is 19.2 Å². The smallest absolute Gasteiger partial charge is 0.132 e. The van der Waals surface area contributed by atoms with Crippen LogP contribution in [0.4, 0.5) is 0 Å². The van der Waals surface area contributed by atoms with E-state index in [4.69, 9.17) is 0 Å². The number of rotatable bonds is 6. The van der Waals surface area contributed by atoms with Gasteiger partial charge in [0.15, 0.2) is 0 Å². The van der Waals surface area contributed by atoms with Gasteiger partial charge in [0, 0.05) is 6.54 Å². The van der Waals surface area contributed by atoms with E-state index in [1.54, 1.807) is 0 Å². The highest BCUT2D eigenvalue weighted by Gasteiger charge is 2.18. The average Bonchev–Trinajstić information content (AvgIpc) is 2.54. The Morgan fingerprint density at radius 2 is 1.88 bits per heavy atom. The van der Waals surface area contributed by atoms with E-state index >= 15 is 0 Å². The van der Waals surface area contributed by atoms with Crippen molar-refractivity contribution in [1.29, 1.82) is 0 Å². The van der Waals surface area contributed by atoms with Crippen molar-refractivity contribution in [2.45, 2.75) is 33.7 Å². The minimum atomic E-state index is 0.483. The van der Waals surface area contributed by atoms with Crippen molar-refractivity contribution in [2.75, 3.05) is 13.1 Å². The van der Waals surface area contributed by atoms with Crippen LogP contribution >= 0.6 is 45.2 Å². The van der Waals surface area contributed by atoms with Gasteiger partial charge in [-0.25, -0.2) is 4.98 Å². The first-order valence-corrected chi connectivity index (χ1v) is 8.17. The van der Waals surface area contributed by atoms with E-state index in [2.05, 4.69) is 87.7 Å². The van der Waals surface area contributed by atoms with Crippen LogP contribution in [0.5, 0.6) is 0 Å². The molecule has 0 bridgehead atoms. The molecule has 1 heterocycles. The van der Waals surface area contributed by atoms with E-state index in [1.807, 2.05) is 6.33 Å². The molecule has 0 aliphatic rings. The molecule has 17 heavy (non-hydrogen) atoms. The molecule has 98 valence electrons. The highest BCUT2D eigenvalue weighted by Crippen LogP contribution is 2.23. The maximum absolute atomic E-state index is 4.38. The number of aromatic nitrogens is 2. The highest BCUT2D eigenvalue weighted by molar-refractivity contribution is 14.1. The van der Waals surface area contributed by atoms with E-state index in [0.717, 1.165) is 16.8 Å². The standard InChI is InChI=1S/C12H21I2N3/c1-8(2)5-15-6-10(9(3)4)17-7-16-11(13)12(17)14/h7-10,15H,5-6H2,1-4H3. The lowest BCUT2D eigenvalue weighted by Gasteiger charge is -2.24. The van der Waals surface area contributed by atoms with Crippen LogP contribution in [0.3, 0.4) is 0 Å². The molecular formula is C12H21I2N3. The van der Waals surface area contributed by atoms with E-state index in [9.17, 15) is 0 Å². The molecule has 0 aliphatic heterocycles. The van der Waals surface area contributed by atoms with Crippen LogP contribution in [0.2, 0.25) is 0 Å². The Bertz CT molecular complexity index is 348. The topological polar surface area (TPSA) is 29.9 Å². The van der Waals surface area contributed by atoms with Crippen molar-refractivity contribution in [1.82, 2.24) is 14.9 Å². The Labute approximate surface area is 131 Å². The molecule has 1 unspecified atom stereocenters. The number of nitrogens with one attached hydrogen (secondary N) is 1.